The van der Waals surface area contributed by atoms with E-state index in [1.165, 1.54) is 0 Å². The molecule has 0 bridgehead atoms. The van der Waals surface area contributed by atoms with Gasteiger partial charge in [-0.25, -0.2) is 0 Å². The first-order valence-corrected chi connectivity index (χ1v) is 4.11. The van der Waals surface area contributed by atoms with Gasteiger partial charge in [-0.3, -0.25) is 0 Å². The van der Waals surface area contributed by atoms with Crippen LogP contribution in [0.15, 0.2) is 12.1 Å². The maximum absolute atomic E-state index is 12.2. The summed E-state index contributed by atoms with van der Waals surface area (Å²) in [7, 11) is 0. The van der Waals surface area contributed by atoms with Crippen molar-refractivity contribution >= 4 is 18.9 Å². The number of hydrogen-bond acceptors (Lipinski definition) is 0. The van der Waals surface area contributed by atoms with E-state index in [2.05, 4.69) is 0 Å². The van der Waals surface area contributed by atoms with Gasteiger partial charge in [-0.1, -0.05) is 0 Å². The Morgan fingerprint density at radius 3 is 1.16 bits per heavy atom. The third-order valence-electron chi connectivity index (χ3n) is 1.81. The zero-order valence-corrected chi connectivity index (χ0v) is 8.06. The summed E-state index contributed by atoms with van der Waals surface area (Å²) in [6.45, 7) is 0. The molecule has 10 heteroatoms. The number of rotatable bonds is 0. The summed E-state index contributed by atoms with van der Waals surface area (Å²) in [6, 6.07) is 0.0440. The van der Waals surface area contributed by atoms with Crippen molar-refractivity contribution in [3.63, 3.8) is 0 Å². The summed E-state index contributed by atoms with van der Waals surface area (Å²) in [4.78, 5) is 0. The zero-order chi connectivity index (χ0) is 14.4. The molecule has 0 saturated heterocycles. The number of benzene rings is 1. The first-order valence-electron chi connectivity index (χ1n) is 4.11. The van der Waals surface area contributed by atoms with E-state index in [4.69, 9.17) is 0 Å². The number of alkyl halides is 9. The summed E-state index contributed by atoms with van der Waals surface area (Å²) in [5.74, 6) is 0. The van der Waals surface area contributed by atoms with Crippen LogP contribution in [0.3, 0.4) is 0 Å². The standard InChI is InChI=1S/C9H2F9.Li.H/c10-7(11,12)4-1-5(8(13,14)15)3-6(2-4)9(16,17)18;;/h1-2H;;. The van der Waals surface area contributed by atoms with Crippen molar-refractivity contribution in [3.05, 3.63) is 34.9 Å². The fourth-order valence-electron chi connectivity index (χ4n) is 1.04. The van der Waals surface area contributed by atoms with Crippen molar-refractivity contribution in [2.24, 2.45) is 0 Å². The molecule has 0 N–H and O–H groups in total. The van der Waals surface area contributed by atoms with Gasteiger partial charge >= 0.3 is 37.4 Å². The van der Waals surface area contributed by atoms with E-state index >= 15 is 0 Å². The van der Waals surface area contributed by atoms with E-state index in [1.54, 1.807) is 0 Å². The van der Waals surface area contributed by atoms with Crippen molar-refractivity contribution < 1.29 is 39.5 Å². The molecule has 0 aliphatic rings. The Hall–Kier alpha value is -0.813. The Bertz CT molecular complexity index is 361. The molecule has 1 aromatic rings. The van der Waals surface area contributed by atoms with Crippen LogP contribution in [-0.4, -0.2) is 18.9 Å². The topological polar surface area (TPSA) is 0 Å². The molecule has 0 saturated carbocycles. The second-order valence-electron chi connectivity index (χ2n) is 3.19. The molecule has 0 fully saturated rings. The Morgan fingerprint density at radius 2 is 0.947 bits per heavy atom. The first kappa shape index (κ1) is 18.2. The third-order valence-corrected chi connectivity index (χ3v) is 1.81. The third kappa shape index (κ3) is 4.65. The molecule has 0 amide bonds. The molecule has 0 atom stereocenters. The van der Waals surface area contributed by atoms with Crippen LogP contribution >= 0.6 is 0 Å². The van der Waals surface area contributed by atoms with Crippen LogP contribution in [0, 0.1) is 6.07 Å². The monoisotopic (exact) mass is 289 g/mol. The van der Waals surface area contributed by atoms with Crippen LogP contribution in [0.1, 0.15) is 16.7 Å². The van der Waals surface area contributed by atoms with Gasteiger partial charge < -0.3 is 0 Å². The van der Waals surface area contributed by atoms with E-state index in [9.17, 15) is 39.5 Å². The molecule has 103 valence electrons. The van der Waals surface area contributed by atoms with E-state index in [0.717, 1.165) is 6.07 Å². The Morgan fingerprint density at radius 1 is 0.632 bits per heavy atom. The Labute approximate surface area is 112 Å². The second-order valence-corrected chi connectivity index (χ2v) is 3.19. The molecule has 0 unspecified atom stereocenters. The van der Waals surface area contributed by atoms with Gasteiger partial charge in [-0.2, -0.15) is 39.5 Å². The maximum atomic E-state index is 12.2. The van der Waals surface area contributed by atoms with Crippen LogP contribution in [0.2, 0.25) is 0 Å². The molecular formula is C9H3F9Li. The Kier molecular flexibility index (Phi) is 5.06. The normalized spacial score (nSPS) is 13.1. The number of halogens is 9. The molecule has 1 aromatic carbocycles. The molecule has 0 heterocycles. The molecule has 0 aliphatic carbocycles. The molecule has 1 rings (SSSR count). The predicted octanol–water partition coefficient (Wildman–Crippen LogP) is 3.89. The van der Waals surface area contributed by atoms with Gasteiger partial charge in [-0.05, 0) is 12.1 Å². The van der Waals surface area contributed by atoms with Crippen LogP contribution in [0.4, 0.5) is 39.5 Å². The van der Waals surface area contributed by atoms with Gasteiger partial charge in [-0.15, -0.1) is 0 Å². The van der Waals surface area contributed by atoms with Crippen molar-refractivity contribution in [1.29, 1.82) is 0 Å². The predicted molar refractivity (Wildman–Crippen MR) is 47.4 cm³/mol. The molecular weight excluding hydrogens is 286 g/mol. The molecule has 0 nitrogen and oxygen atoms in total. The fraction of sp³-hybridized carbons (Fsp3) is 0.333. The van der Waals surface area contributed by atoms with Crippen molar-refractivity contribution in [3.8, 4) is 0 Å². The molecule has 19 heavy (non-hydrogen) atoms. The Balaban J connectivity index is 0.00000324. The zero-order valence-electron chi connectivity index (χ0n) is 8.06. The summed E-state index contributed by atoms with van der Waals surface area (Å²) in [6.07, 6.45) is -16.0. The summed E-state index contributed by atoms with van der Waals surface area (Å²) < 4.78 is 109. The van der Waals surface area contributed by atoms with Gasteiger partial charge in [0.1, 0.15) is 0 Å². The van der Waals surface area contributed by atoms with Gasteiger partial charge in [0.2, 0.25) is 0 Å². The number of hydrogen-bond donors (Lipinski definition) is 0. The first-order chi connectivity index (χ1) is 7.82. The fourth-order valence-corrected chi connectivity index (χ4v) is 1.04. The summed E-state index contributed by atoms with van der Waals surface area (Å²) in [5, 5.41) is 0. The van der Waals surface area contributed by atoms with E-state index in [1.807, 2.05) is 0 Å². The average molecular weight is 289 g/mol. The van der Waals surface area contributed by atoms with Crippen LogP contribution < -0.4 is 0 Å². The molecule has 1 radical (unpaired) electrons. The van der Waals surface area contributed by atoms with Crippen LogP contribution in [0.5, 0.6) is 0 Å². The van der Waals surface area contributed by atoms with Crippen molar-refractivity contribution in [1.82, 2.24) is 0 Å². The van der Waals surface area contributed by atoms with Crippen LogP contribution in [-0.2, 0) is 18.5 Å². The minimum atomic E-state index is -5.35. The van der Waals surface area contributed by atoms with Gasteiger partial charge in [0.25, 0.3) is 0 Å². The average Bonchev–Trinajstić information content (AvgIpc) is 2.13. The summed E-state index contributed by atoms with van der Waals surface area (Å²) in [5.41, 5.74) is -6.27. The SMILES string of the molecule is FC(F)(F)c1[c]c(C(F)(F)F)cc(C(F)(F)F)c1.[LiH]. The molecule has 0 spiro atoms. The van der Waals surface area contributed by atoms with Gasteiger partial charge in [0.05, 0.1) is 16.7 Å². The van der Waals surface area contributed by atoms with Gasteiger partial charge in [0.15, 0.2) is 0 Å². The van der Waals surface area contributed by atoms with E-state index in [0.29, 0.717) is 0 Å². The summed E-state index contributed by atoms with van der Waals surface area (Å²) >= 11 is 0. The van der Waals surface area contributed by atoms with Crippen molar-refractivity contribution in [2.45, 2.75) is 18.5 Å². The molecule has 0 aliphatic heterocycles. The minimum absolute atomic E-state index is 0. The van der Waals surface area contributed by atoms with E-state index in [-0.39, 0.29) is 18.9 Å². The molecule has 0 aromatic heterocycles. The van der Waals surface area contributed by atoms with E-state index < -0.39 is 47.4 Å². The van der Waals surface area contributed by atoms with Crippen molar-refractivity contribution in [2.75, 3.05) is 0 Å². The van der Waals surface area contributed by atoms with Crippen LogP contribution in [0.25, 0.3) is 0 Å². The second kappa shape index (κ2) is 5.29. The van der Waals surface area contributed by atoms with Gasteiger partial charge in [0, 0.05) is 6.07 Å². The quantitative estimate of drug-likeness (QED) is 0.502.